The molecule has 152 valence electrons. The van der Waals surface area contributed by atoms with E-state index in [1.165, 1.54) is 67.7 Å². The molecule has 0 aromatic heterocycles. The van der Waals surface area contributed by atoms with Crippen LogP contribution in [0.1, 0.15) is 77.7 Å². The maximum absolute atomic E-state index is 6.36. The van der Waals surface area contributed by atoms with Crippen LogP contribution in [0.25, 0.3) is 10.8 Å². The van der Waals surface area contributed by atoms with Crippen LogP contribution in [-0.4, -0.2) is 12.1 Å². The zero-order chi connectivity index (χ0) is 19.6. The van der Waals surface area contributed by atoms with Gasteiger partial charge >= 0.3 is 0 Å². The summed E-state index contributed by atoms with van der Waals surface area (Å²) in [5.41, 5.74) is 1.81. The van der Waals surface area contributed by atoms with E-state index in [4.69, 9.17) is 4.74 Å². The number of nitrogens with one attached hydrogen (secondary N) is 1. The van der Waals surface area contributed by atoms with Gasteiger partial charge in [-0.2, -0.15) is 0 Å². The van der Waals surface area contributed by atoms with Gasteiger partial charge in [-0.3, -0.25) is 0 Å². The van der Waals surface area contributed by atoms with Crippen molar-refractivity contribution < 1.29 is 4.74 Å². The van der Waals surface area contributed by atoms with Crippen LogP contribution in [0.5, 0.6) is 5.75 Å². The Labute approximate surface area is 171 Å². The van der Waals surface area contributed by atoms with Crippen LogP contribution in [0, 0.1) is 11.3 Å². The number of rotatable bonds is 5. The average Bonchev–Trinajstić information content (AvgIpc) is 3.20. The predicted molar refractivity (Wildman–Crippen MR) is 119 cm³/mol. The topological polar surface area (TPSA) is 21.3 Å². The minimum atomic E-state index is 0.380. The number of hydrogen-bond donors (Lipinski definition) is 1. The summed E-state index contributed by atoms with van der Waals surface area (Å²) in [6, 6.07) is 14.2. The van der Waals surface area contributed by atoms with E-state index in [9.17, 15) is 0 Å². The predicted octanol–water partition coefficient (Wildman–Crippen LogP) is 6.86. The van der Waals surface area contributed by atoms with Gasteiger partial charge in [0.05, 0.1) is 6.10 Å². The zero-order valence-corrected chi connectivity index (χ0v) is 18.0. The van der Waals surface area contributed by atoms with Crippen molar-refractivity contribution in [1.29, 1.82) is 0 Å². The first-order valence-electron chi connectivity index (χ1n) is 11.4. The van der Waals surface area contributed by atoms with Crippen LogP contribution in [0.15, 0.2) is 36.4 Å². The fourth-order valence-electron chi connectivity index (χ4n) is 5.09. The van der Waals surface area contributed by atoms with Crippen LogP contribution in [0.2, 0.25) is 0 Å². The molecule has 0 saturated heterocycles. The maximum Gasteiger partial charge on any atom is 0.120 e. The monoisotopic (exact) mass is 379 g/mol. The van der Waals surface area contributed by atoms with Gasteiger partial charge in [-0.15, -0.1) is 0 Å². The lowest BCUT2D eigenvalue weighted by atomic mass is 9.72. The molecule has 0 aliphatic heterocycles. The Kier molecular flexibility index (Phi) is 5.96. The molecule has 2 nitrogen and oxygen atoms in total. The first kappa shape index (κ1) is 19.8. The Morgan fingerprint density at radius 3 is 2.25 bits per heavy atom. The molecule has 2 fully saturated rings. The van der Waals surface area contributed by atoms with E-state index in [0.717, 1.165) is 24.3 Å². The summed E-state index contributed by atoms with van der Waals surface area (Å²) in [4.78, 5) is 0. The van der Waals surface area contributed by atoms with Gasteiger partial charge < -0.3 is 10.1 Å². The van der Waals surface area contributed by atoms with E-state index in [1.807, 2.05) is 0 Å². The molecule has 2 aliphatic rings. The first-order valence-corrected chi connectivity index (χ1v) is 11.4. The molecule has 0 heterocycles. The van der Waals surface area contributed by atoms with Gasteiger partial charge in [0, 0.05) is 12.6 Å². The zero-order valence-electron chi connectivity index (χ0n) is 18.0. The normalized spacial score (nSPS) is 24.0. The smallest absolute Gasteiger partial charge is 0.120 e. The van der Waals surface area contributed by atoms with E-state index < -0.39 is 0 Å². The van der Waals surface area contributed by atoms with Crippen molar-refractivity contribution in [2.24, 2.45) is 11.3 Å². The van der Waals surface area contributed by atoms with Gasteiger partial charge in [0.15, 0.2) is 0 Å². The second kappa shape index (κ2) is 8.45. The summed E-state index contributed by atoms with van der Waals surface area (Å²) in [7, 11) is 0. The lowest BCUT2D eigenvalue weighted by molar-refractivity contribution is 0.0883. The third-order valence-corrected chi connectivity index (χ3v) is 7.03. The molecule has 2 aromatic rings. The Morgan fingerprint density at radius 1 is 0.857 bits per heavy atom. The van der Waals surface area contributed by atoms with Crippen molar-refractivity contribution in [2.75, 3.05) is 0 Å². The molecule has 0 radical (unpaired) electrons. The van der Waals surface area contributed by atoms with E-state index in [0.29, 0.717) is 11.5 Å². The SMILES string of the molecule is CC(C)(C)C1CCC(Oc2ccc3cc(CNC4CCCC4)ccc3c2)CC1. The van der Waals surface area contributed by atoms with Crippen LogP contribution >= 0.6 is 0 Å². The first-order chi connectivity index (χ1) is 13.5. The molecule has 0 amide bonds. The number of ether oxygens (including phenoxy) is 1. The minimum Gasteiger partial charge on any atom is -0.490 e. The molecule has 2 aromatic carbocycles. The molecule has 2 saturated carbocycles. The molecule has 0 bridgehead atoms. The molecule has 28 heavy (non-hydrogen) atoms. The Hall–Kier alpha value is -1.54. The second-order valence-electron chi connectivity index (χ2n) is 10.2. The lowest BCUT2D eigenvalue weighted by Crippen LogP contribution is -2.30. The van der Waals surface area contributed by atoms with E-state index >= 15 is 0 Å². The van der Waals surface area contributed by atoms with Gasteiger partial charge in [0.2, 0.25) is 0 Å². The van der Waals surface area contributed by atoms with Crippen LogP contribution in [-0.2, 0) is 6.54 Å². The van der Waals surface area contributed by atoms with Gasteiger partial charge in [-0.25, -0.2) is 0 Å². The van der Waals surface area contributed by atoms with E-state index in [-0.39, 0.29) is 0 Å². The quantitative estimate of drug-likeness (QED) is 0.613. The highest BCUT2D eigenvalue weighted by Gasteiger charge is 2.30. The molecule has 0 unspecified atom stereocenters. The summed E-state index contributed by atoms with van der Waals surface area (Å²) in [5, 5.41) is 6.31. The van der Waals surface area contributed by atoms with Crippen molar-refractivity contribution in [3.8, 4) is 5.75 Å². The Morgan fingerprint density at radius 2 is 1.54 bits per heavy atom. The fourth-order valence-corrected chi connectivity index (χ4v) is 5.09. The van der Waals surface area contributed by atoms with Gasteiger partial charge in [0.1, 0.15) is 5.75 Å². The fraction of sp³-hybridized carbons (Fsp3) is 0.615. The highest BCUT2D eigenvalue weighted by atomic mass is 16.5. The molecule has 4 rings (SSSR count). The van der Waals surface area contributed by atoms with Crippen LogP contribution < -0.4 is 10.1 Å². The van der Waals surface area contributed by atoms with Gasteiger partial charge in [-0.05, 0) is 84.4 Å². The molecule has 2 heteroatoms. The molecule has 2 aliphatic carbocycles. The van der Waals surface area contributed by atoms with Gasteiger partial charge in [0.25, 0.3) is 0 Å². The van der Waals surface area contributed by atoms with Crippen molar-refractivity contribution in [3.63, 3.8) is 0 Å². The highest BCUT2D eigenvalue weighted by molar-refractivity contribution is 5.84. The van der Waals surface area contributed by atoms with Crippen molar-refractivity contribution in [1.82, 2.24) is 5.32 Å². The van der Waals surface area contributed by atoms with E-state index in [2.05, 4.69) is 62.5 Å². The average molecular weight is 380 g/mol. The largest absolute Gasteiger partial charge is 0.490 e. The number of benzene rings is 2. The van der Waals surface area contributed by atoms with Crippen LogP contribution in [0.3, 0.4) is 0 Å². The molecule has 0 spiro atoms. The lowest BCUT2D eigenvalue weighted by Gasteiger charge is -2.37. The summed E-state index contributed by atoms with van der Waals surface area (Å²) in [6.45, 7) is 8.11. The van der Waals surface area contributed by atoms with Crippen LogP contribution in [0.4, 0.5) is 0 Å². The van der Waals surface area contributed by atoms with Crippen molar-refractivity contribution >= 4 is 10.8 Å². The second-order valence-corrected chi connectivity index (χ2v) is 10.2. The molecular weight excluding hydrogens is 342 g/mol. The van der Waals surface area contributed by atoms with Crippen molar-refractivity contribution in [3.05, 3.63) is 42.0 Å². The maximum atomic E-state index is 6.36. The summed E-state index contributed by atoms with van der Waals surface area (Å²) < 4.78 is 6.36. The third-order valence-electron chi connectivity index (χ3n) is 7.03. The Bertz CT molecular complexity index is 777. The molecule has 1 N–H and O–H groups in total. The van der Waals surface area contributed by atoms with Gasteiger partial charge in [-0.1, -0.05) is 51.8 Å². The van der Waals surface area contributed by atoms with Crippen molar-refractivity contribution in [2.45, 2.75) is 90.8 Å². The molecular formula is C26H37NO. The highest BCUT2D eigenvalue weighted by Crippen LogP contribution is 2.39. The standard InChI is InChI=1S/C26H37NO/c1-26(2,3)22-11-14-24(15-12-22)28-25-13-10-20-16-19(8-9-21(20)17-25)18-27-23-6-4-5-7-23/h8-10,13,16-17,22-24,27H,4-7,11-12,14-15,18H2,1-3H3. The molecule has 0 atom stereocenters. The summed E-state index contributed by atoms with van der Waals surface area (Å²) in [5.74, 6) is 1.86. The number of hydrogen-bond acceptors (Lipinski definition) is 2. The van der Waals surface area contributed by atoms with E-state index in [1.54, 1.807) is 0 Å². The number of fused-ring (bicyclic) bond motifs is 1. The summed E-state index contributed by atoms with van der Waals surface area (Å²) >= 11 is 0. The third kappa shape index (κ3) is 4.89. The Balaban J connectivity index is 1.35. The minimum absolute atomic E-state index is 0.380. The summed E-state index contributed by atoms with van der Waals surface area (Å²) in [6.07, 6.45) is 10.8.